The van der Waals surface area contributed by atoms with Crippen LogP contribution in [0.2, 0.25) is 0 Å². The van der Waals surface area contributed by atoms with Crippen LogP contribution in [0.25, 0.3) is 0 Å². The zero-order valence-electron chi connectivity index (χ0n) is 10.2. The van der Waals surface area contributed by atoms with Gasteiger partial charge in [-0.2, -0.15) is 0 Å². The molecule has 3 N–H and O–H groups in total. The molecule has 0 aliphatic carbocycles. The summed E-state index contributed by atoms with van der Waals surface area (Å²) in [4.78, 5) is 24.8. The van der Waals surface area contributed by atoms with Crippen LogP contribution in [0.3, 0.4) is 0 Å². The number of hydrogen-bond acceptors (Lipinski definition) is 3. The third-order valence-corrected chi connectivity index (χ3v) is 3.03. The van der Waals surface area contributed by atoms with E-state index in [1.165, 1.54) is 5.56 Å². The zero-order chi connectivity index (χ0) is 13.0. The van der Waals surface area contributed by atoms with Crippen LogP contribution in [0, 0.1) is 0 Å². The summed E-state index contributed by atoms with van der Waals surface area (Å²) in [7, 11) is 0. The van der Waals surface area contributed by atoms with E-state index in [0.29, 0.717) is 6.54 Å². The molecule has 0 saturated carbocycles. The van der Waals surface area contributed by atoms with Crippen LogP contribution in [0.5, 0.6) is 0 Å². The van der Waals surface area contributed by atoms with Gasteiger partial charge in [-0.05, 0) is 24.5 Å². The highest BCUT2D eigenvalue weighted by Crippen LogP contribution is 2.26. The first-order valence-corrected chi connectivity index (χ1v) is 6.07. The summed E-state index contributed by atoms with van der Waals surface area (Å²) in [6, 6.07) is 7.87. The summed E-state index contributed by atoms with van der Waals surface area (Å²) in [5, 5.41) is 2.51. The number of benzene rings is 1. The molecule has 0 saturated heterocycles. The Morgan fingerprint density at radius 3 is 2.89 bits per heavy atom. The van der Waals surface area contributed by atoms with Gasteiger partial charge < -0.3 is 16.0 Å². The third-order valence-electron chi connectivity index (χ3n) is 3.03. The second kappa shape index (κ2) is 5.64. The molecule has 5 heteroatoms. The van der Waals surface area contributed by atoms with E-state index in [0.717, 1.165) is 18.5 Å². The Bertz CT molecular complexity index is 459. The monoisotopic (exact) mass is 247 g/mol. The topological polar surface area (TPSA) is 75.4 Å². The van der Waals surface area contributed by atoms with Crippen molar-refractivity contribution in [3.63, 3.8) is 0 Å². The van der Waals surface area contributed by atoms with E-state index >= 15 is 0 Å². The molecule has 5 nitrogen and oxygen atoms in total. The van der Waals surface area contributed by atoms with Gasteiger partial charge >= 0.3 is 0 Å². The first-order chi connectivity index (χ1) is 8.72. The van der Waals surface area contributed by atoms with Gasteiger partial charge in [0.25, 0.3) is 0 Å². The highest BCUT2D eigenvalue weighted by Gasteiger charge is 2.21. The molecule has 0 radical (unpaired) electrons. The Balaban J connectivity index is 2.06. The van der Waals surface area contributed by atoms with Crippen LogP contribution >= 0.6 is 0 Å². The van der Waals surface area contributed by atoms with Gasteiger partial charge in [0, 0.05) is 12.2 Å². The van der Waals surface area contributed by atoms with Crippen LogP contribution in [0.1, 0.15) is 12.0 Å². The number of fused-ring (bicyclic) bond motifs is 1. The number of anilines is 1. The largest absolute Gasteiger partial charge is 0.346 e. The molecule has 0 atom stereocenters. The maximum Gasteiger partial charge on any atom is 0.246 e. The van der Waals surface area contributed by atoms with Gasteiger partial charge in [-0.25, -0.2) is 0 Å². The van der Waals surface area contributed by atoms with Gasteiger partial charge in [-0.1, -0.05) is 18.2 Å². The smallest absolute Gasteiger partial charge is 0.246 e. The van der Waals surface area contributed by atoms with Crippen LogP contribution < -0.4 is 16.0 Å². The number of nitrogens with one attached hydrogen (secondary N) is 1. The lowest BCUT2D eigenvalue weighted by Crippen LogP contribution is -2.43. The molecule has 96 valence electrons. The normalized spacial score (nSPS) is 13.9. The number of para-hydroxylation sites is 1. The number of amides is 2. The number of carbonyl (C=O) groups excluding carboxylic acids is 2. The standard InChI is InChI=1S/C13H17N3O2/c14-8-12(17)15-9-13(18)16-7-3-5-10-4-1-2-6-11(10)16/h1-2,4,6H,3,5,7-9,14H2,(H,15,17). The molecule has 2 rings (SSSR count). The van der Waals surface area contributed by atoms with Crippen molar-refractivity contribution in [3.05, 3.63) is 29.8 Å². The Morgan fingerprint density at radius 1 is 1.33 bits per heavy atom. The minimum absolute atomic E-state index is 0.00433. The molecular formula is C13H17N3O2. The van der Waals surface area contributed by atoms with Crippen LogP contribution in [-0.2, 0) is 16.0 Å². The minimum atomic E-state index is -0.311. The molecular weight excluding hydrogens is 230 g/mol. The van der Waals surface area contributed by atoms with Crippen molar-refractivity contribution in [1.29, 1.82) is 0 Å². The summed E-state index contributed by atoms with van der Waals surface area (Å²) in [5.41, 5.74) is 7.31. The molecule has 1 aliphatic rings. The van der Waals surface area contributed by atoms with Crippen molar-refractivity contribution in [2.24, 2.45) is 5.73 Å². The summed E-state index contributed by atoms with van der Waals surface area (Å²) < 4.78 is 0. The van der Waals surface area contributed by atoms with E-state index in [2.05, 4.69) is 5.32 Å². The van der Waals surface area contributed by atoms with Gasteiger partial charge in [-0.15, -0.1) is 0 Å². The highest BCUT2D eigenvalue weighted by atomic mass is 16.2. The molecule has 1 aromatic rings. The molecule has 0 bridgehead atoms. The second-order valence-electron chi connectivity index (χ2n) is 4.26. The van der Waals surface area contributed by atoms with E-state index < -0.39 is 0 Å². The lowest BCUT2D eigenvalue weighted by atomic mass is 10.0. The molecule has 18 heavy (non-hydrogen) atoms. The summed E-state index contributed by atoms with van der Waals surface area (Å²) in [5.74, 6) is -0.405. The fourth-order valence-electron chi connectivity index (χ4n) is 2.13. The van der Waals surface area contributed by atoms with E-state index in [4.69, 9.17) is 5.73 Å². The van der Waals surface area contributed by atoms with Gasteiger partial charge in [0.2, 0.25) is 11.8 Å². The van der Waals surface area contributed by atoms with Crippen LogP contribution in [0.4, 0.5) is 5.69 Å². The predicted octanol–water partition coefficient (Wildman–Crippen LogP) is 0.0407. The molecule has 0 aromatic heterocycles. The SMILES string of the molecule is NCC(=O)NCC(=O)N1CCCc2ccccc21. The summed E-state index contributed by atoms with van der Waals surface area (Å²) in [6.07, 6.45) is 1.95. The molecule has 1 heterocycles. The fraction of sp³-hybridized carbons (Fsp3) is 0.385. The number of rotatable bonds is 3. The van der Waals surface area contributed by atoms with E-state index in [1.54, 1.807) is 4.90 Å². The maximum atomic E-state index is 12.1. The molecule has 0 spiro atoms. The lowest BCUT2D eigenvalue weighted by Gasteiger charge is -2.29. The number of hydrogen-bond donors (Lipinski definition) is 2. The number of aryl methyl sites for hydroxylation is 1. The van der Waals surface area contributed by atoms with E-state index in [-0.39, 0.29) is 24.9 Å². The van der Waals surface area contributed by atoms with Crippen LogP contribution in [-0.4, -0.2) is 31.4 Å². The van der Waals surface area contributed by atoms with Gasteiger partial charge in [0.05, 0.1) is 13.1 Å². The minimum Gasteiger partial charge on any atom is -0.346 e. The van der Waals surface area contributed by atoms with Gasteiger partial charge in [0.15, 0.2) is 0 Å². The number of nitrogens with zero attached hydrogens (tertiary/aromatic N) is 1. The first-order valence-electron chi connectivity index (χ1n) is 6.07. The van der Waals surface area contributed by atoms with Crippen molar-refractivity contribution in [2.75, 3.05) is 24.5 Å². The quantitative estimate of drug-likeness (QED) is 0.792. The van der Waals surface area contributed by atoms with Crippen molar-refractivity contribution in [1.82, 2.24) is 5.32 Å². The Labute approximate surface area is 106 Å². The Morgan fingerprint density at radius 2 is 2.11 bits per heavy atom. The molecule has 1 aliphatic heterocycles. The van der Waals surface area contributed by atoms with E-state index in [9.17, 15) is 9.59 Å². The van der Waals surface area contributed by atoms with Gasteiger partial charge in [0.1, 0.15) is 0 Å². The van der Waals surface area contributed by atoms with E-state index in [1.807, 2.05) is 24.3 Å². The first kappa shape index (κ1) is 12.6. The Hall–Kier alpha value is -1.88. The molecule has 0 unspecified atom stereocenters. The molecule has 1 aromatic carbocycles. The lowest BCUT2D eigenvalue weighted by molar-refractivity contribution is -0.124. The maximum absolute atomic E-state index is 12.1. The van der Waals surface area contributed by atoms with Gasteiger partial charge in [-0.3, -0.25) is 9.59 Å². The summed E-state index contributed by atoms with van der Waals surface area (Å²) >= 11 is 0. The van der Waals surface area contributed by atoms with Crippen molar-refractivity contribution in [2.45, 2.75) is 12.8 Å². The Kier molecular flexibility index (Phi) is 3.94. The zero-order valence-corrected chi connectivity index (χ0v) is 10.2. The number of nitrogens with two attached hydrogens (primary N) is 1. The average molecular weight is 247 g/mol. The second-order valence-corrected chi connectivity index (χ2v) is 4.26. The highest BCUT2D eigenvalue weighted by molar-refractivity contribution is 5.97. The molecule has 2 amide bonds. The average Bonchev–Trinajstić information content (AvgIpc) is 2.43. The molecule has 0 fully saturated rings. The number of carbonyl (C=O) groups is 2. The van der Waals surface area contributed by atoms with Crippen molar-refractivity contribution in [3.8, 4) is 0 Å². The van der Waals surface area contributed by atoms with Crippen LogP contribution in [0.15, 0.2) is 24.3 Å². The van der Waals surface area contributed by atoms with Crippen molar-refractivity contribution < 1.29 is 9.59 Å². The fourth-order valence-corrected chi connectivity index (χ4v) is 2.13. The summed E-state index contributed by atoms with van der Waals surface area (Å²) in [6.45, 7) is 0.614. The predicted molar refractivity (Wildman–Crippen MR) is 69.2 cm³/mol. The van der Waals surface area contributed by atoms with Crippen molar-refractivity contribution >= 4 is 17.5 Å². The third kappa shape index (κ3) is 2.68.